The number of ether oxygens (including phenoxy) is 4. The first-order chi connectivity index (χ1) is 14.2. The van der Waals surface area contributed by atoms with Crippen LogP contribution in [0.15, 0.2) is 36.5 Å². The van der Waals surface area contributed by atoms with E-state index in [1.165, 1.54) is 25.3 Å². The van der Waals surface area contributed by atoms with Crippen molar-refractivity contribution in [3.8, 4) is 17.4 Å². The predicted molar refractivity (Wildman–Crippen MR) is 104 cm³/mol. The monoisotopic (exact) mass is 445 g/mol. The number of methoxy groups -OCH3 is 1. The highest BCUT2D eigenvalue weighted by Crippen LogP contribution is 2.36. The Morgan fingerprint density at radius 2 is 2.00 bits per heavy atom. The number of carbonyl (C=O) groups excluding carboxylic acids is 1. The molecule has 0 bridgehead atoms. The van der Waals surface area contributed by atoms with Crippen LogP contribution in [-0.4, -0.2) is 37.9 Å². The van der Waals surface area contributed by atoms with Gasteiger partial charge in [0.2, 0.25) is 5.88 Å². The van der Waals surface area contributed by atoms with Crippen LogP contribution in [-0.2, 0) is 20.4 Å². The second-order valence-electron chi connectivity index (χ2n) is 5.74. The standard InChI is InChI=1S/C20H19ClF3NO5/c1-3-28-18(26)7-5-13-4-6-15(29-9-8-27-2)11-17(13)30-19-16(21)10-14(12-25-19)20(22,23)24/h4-7,10-12H,3,8-9H2,1-2H3. The van der Waals surface area contributed by atoms with Crippen molar-refractivity contribution in [3.63, 3.8) is 0 Å². The lowest BCUT2D eigenvalue weighted by atomic mass is 10.1. The summed E-state index contributed by atoms with van der Waals surface area (Å²) in [4.78, 5) is 15.2. The Hall–Kier alpha value is -2.78. The Balaban J connectivity index is 2.34. The Morgan fingerprint density at radius 1 is 1.23 bits per heavy atom. The van der Waals surface area contributed by atoms with Gasteiger partial charge in [-0.1, -0.05) is 11.6 Å². The minimum absolute atomic E-state index is 0.166. The third-order valence-electron chi connectivity index (χ3n) is 3.57. The van der Waals surface area contributed by atoms with Crippen LogP contribution in [0.1, 0.15) is 18.1 Å². The van der Waals surface area contributed by atoms with Gasteiger partial charge in [0.05, 0.1) is 18.8 Å². The van der Waals surface area contributed by atoms with E-state index < -0.39 is 17.7 Å². The molecule has 6 nitrogen and oxygen atoms in total. The van der Waals surface area contributed by atoms with Crippen molar-refractivity contribution < 1.29 is 36.9 Å². The minimum Gasteiger partial charge on any atom is -0.491 e. The summed E-state index contributed by atoms with van der Waals surface area (Å²) in [5.41, 5.74) is -0.571. The third-order valence-corrected chi connectivity index (χ3v) is 3.84. The molecule has 0 spiro atoms. The van der Waals surface area contributed by atoms with Gasteiger partial charge in [0.25, 0.3) is 0 Å². The normalized spacial score (nSPS) is 11.5. The highest BCUT2D eigenvalue weighted by Gasteiger charge is 2.31. The second kappa shape index (κ2) is 10.8. The Labute approximate surface area is 176 Å². The third kappa shape index (κ3) is 6.93. The van der Waals surface area contributed by atoms with Gasteiger partial charge < -0.3 is 18.9 Å². The van der Waals surface area contributed by atoms with Crippen LogP contribution < -0.4 is 9.47 Å². The van der Waals surface area contributed by atoms with Crippen molar-refractivity contribution in [2.24, 2.45) is 0 Å². The van der Waals surface area contributed by atoms with Crippen LogP contribution in [0.2, 0.25) is 5.02 Å². The van der Waals surface area contributed by atoms with Gasteiger partial charge in [0.1, 0.15) is 23.1 Å². The molecule has 1 aromatic heterocycles. The molecule has 0 aliphatic rings. The molecule has 0 saturated carbocycles. The predicted octanol–water partition coefficient (Wildman–Crippen LogP) is 5.15. The fraction of sp³-hybridized carbons (Fsp3) is 0.300. The molecule has 1 heterocycles. The molecule has 0 saturated heterocycles. The maximum absolute atomic E-state index is 12.8. The average Bonchev–Trinajstić information content (AvgIpc) is 2.68. The number of aromatic nitrogens is 1. The fourth-order valence-electron chi connectivity index (χ4n) is 2.18. The molecule has 0 atom stereocenters. The number of esters is 1. The van der Waals surface area contributed by atoms with Crippen molar-refractivity contribution in [1.82, 2.24) is 4.98 Å². The smallest absolute Gasteiger partial charge is 0.417 e. The summed E-state index contributed by atoms with van der Waals surface area (Å²) >= 11 is 5.92. The number of hydrogen-bond acceptors (Lipinski definition) is 6. The molecule has 0 aliphatic carbocycles. The van der Waals surface area contributed by atoms with Crippen molar-refractivity contribution in [3.05, 3.63) is 52.7 Å². The summed E-state index contributed by atoms with van der Waals surface area (Å²) in [6.07, 6.45) is -1.34. The molecule has 0 radical (unpaired) electrons. The van der Waals surface area contributed by atoms with Crippen molar-refractivity contribution >= 4 is 23.6 Å². The lowest BCUT2D eigenvalue weighted by molar-refractivity contribution is -0.138. The summed E-state index contributed by atoms with van der Waals surface area (Å²) < 4.78 is 59.3. The summed E-state index contributed by atoms with van der Waals surface area (Å²) in [5, 5.41) is -0.323. The number of pyridine rings is 1. The van der Waals surface area contributed by atoms with Crippen LogP contribution in [0.5, 0.6) is 17.4 Å². The zero-order chi connectivity index (χ0) is 22.1. The summed E-state index contributed by atoms with van der Waals surface area (Å²) in [6.45, 7) is 2.51. The zero-order valence-corrected chi connectivity index (χ0v) is 16.9. The molecule has 0 amide bonds. The van der Waals surface area contributed by atoms with Gasteiger partial charge in [-0.05, 0) is 31.2 Å². The van der Waals surface area contributed by atoms with E-state index in [9.17, 15) is 18.0 Å². The highest BCUT2D eigenvalue weighted by atomic mass is 35.5. The molecule has 0 fully saturated rings. The van der Waals surface area contributed by atoms with E-state index in [2.05, 4.69) is 4.98 Å². The van der Waals surface area contributed by atoms with Gasteiger partial charge >= 0.3 is 12.1 Å². The van der Waals surface area contributed by atoms with E-state index in [0.29, 0.717) is 24.1 Å². The molecular weight excluding hydrogens is 427 g/mol. The number of rotatable bonds is 9. The Kier molecular flexibility index (Phi) is 8.49. The van der Waals surface area contributed by atoms with E-state index in [1.54, 1.807) is 19.1 Å². The van der Waals surface area contributed by atoms with E-state index in [4.69, 9.17) is 30.5 Å². The van der Waals surface area contributed by atoms with Crippen LogP contribution >= 0.6 is 11.6 Å². The lowest BCUT2D eigenvalue weighted by Crippen LogP contribution is -2.06. The molecule has 162 valence electrons. The van der Waals surface area contributed by atoms with Crippen LogP contribution in [0.3, 0.4) is 0 Å². The molecule has 0 N–H and O–H groups in total. The molecule has 10 heteroatoms. The molecule has 0 unspecified atom stereocenters. The fourth-order valence-corrected chi connectivity index (χ4v) is 2.39. The lowest BCUT2D eigenvalue weighted by Gasteiger charge is -2.13. The van der Waals surface area contributed by atoms with Gasteiger partial charge in [-0.15, -0.1) is 0 Å². The maximum atomic E-state index is 12.8. The van der Waals surface area contributed by atoms with E-state index in [1.807, 2.05) is 0 Å². The number of alkyl halides is 3. The number of carbonyl (C=O) groups is 1. The topological polar surface area (TPSA) is 66.9 Å². The van der Waals surface area contributed by atoms with Gasteiger partial charge in [0.15, 0.2) is 0 Å². The van der Waals surface area contributed by atoms with Crippen LogP contribution in [0.4, 0.5) is 13.2 Å². The van der Waals surface area contributed by atoms with Gasteiger partial charge in [-0.25, -0.2) is 9.78 Å². The summed E-state index contributed by atoms with van der Waals surface area (Å²) in [6, 6.07) is 5.45. The quantitative estimate of drug-likeness (QED) is 0.302. The molecule has 1 aromatic carbocycles. The molecule has 2 aromatic rings. The number of benzene rings is 1. The van der Waals surface area contributed by atoms with Gasteiger partial charge in [0, 0.05) is 31.0 Å². The van der Waals surface area contributed by atoms with Crippen molar-refractivity contribution in [1.29, 1.82) is 0 Å². The summed E-state index contributed by atoms with van der Waals surface area (Å²) in [7, 11) is 1.53. The second-order valence-corrected chi connectivity index (χ2v) is 6.14. The summed E-state index contributed by atoms with van der Waals surface area (Å²) in [5.74, 6) is -0.211. The van der Waals surface area contributed by atoms with E-state index in [-0.39, 0.29) is 29.9 Å². The zero-order valence-electron chi connectivity index (χ0n) is 16.2. The SMILES string of the molecule is CCOC(=O)C=Cc1ccc(OCCOC)cc1Oc1ncc(C(F)(F)F)cc1Cl. The van der Waals surface area contributed by atoms with Crippen LogP contribution in [0, 0.1) is 0 Å². The maximum Gasteiger partial charge on any atom is 0.417 e. The molecule has 0 aliphatic heterocycles. The highest BCUT2D eigenvalue weighted by molar-refractivity contribution is 6.31. The van der Waals surface area contributed by atoms with E-state index in [0.717, 1.165) is 6.07 Å². The number of hydrogen-bond donors (Lipinski definition) is 0. The van der Waals surface area contributed by atoms with E-state index >= 15 is 0 Å². The largest absolute Gasteiger partial charge is 0.491 e. The number of nitrogens with zero attached hydrogens (tertiary/aromatic N) is 1. The minimum atomic E-state index is -4.59. The average molecular weight is 446 g/mol. The van der Waals surface area contributed by atoms with Crippen molar-refractivity contribution in [2.75, 3.05) is 26.9 Å². The Bertz CT molecular complexity index is 902. The van der Waals surface area contributed by atoms with Gasteiger partial charge in [-0.2, -0.15) is 13.2 Å². The number of halogens is 4. The first-order valence-corrected chi connectivity index (χ1v) is 9.13. The Morgan fingerprint density at radius 3 is 2.63 bits per heavy atom. The van der Waals surface area contributed by atoms with Crippen LogP contribution in [0.25, 0.3) is 6.08 Å². The molecule has 30 heavy (non-hydrogen) atoms. The van der Waals surface area contributed by atoms with Gasteiger partial charge in [-0.3, -0.25) is 0 Å². The first kappa shape index (κ1) is 23.5. The first-order valence-electron chi connectivity index (χ1n) is 8.75. The molecular formula is C20H19ClF3NO5. The molecule has 2 rings (SSSR count). The van der Waals surface area contributed by atoms with Crippen molar-refractivity contribution in [2.45, 2.75) is 13.1 Å².